The summed E-state index contributed by atoms with van der Waals surface area (Å²) in [5, 5.41) is 0. The third kappa shape index (κ3) is 4.93. The second kappa shape index (κ2) is 8.13. The molecule has 0 bridgehead atoms. The van der Waals surface area contributed by atoms with E-state index in [-0.39, 0.29) is 11.8 Å². The van der Waals surface area contributed by atoms with Crippen LogP contribution in [0.2, 0.25) is 0 Å². The standard InChI is InChI=1S/C18H33N3O2/c1-14(2)13-17(22)20-9-11-21(12-10-20)18(23)16-5-7-19(8-6-16)15(3)4/h14-16H,5-13H2,1-4H3. The number of hydrogen-bond acceptors (Lipinski definition) is 3. The maximum absolute atomic E-state index is 12.7. The van der Waals surface area contributed by atoms with Gasteiger partial charge in [-0.2, -0.15) is 0 Å². The largest absolute Gasteiger partial charge is 0.339 e. The lowest BCUT2D eigenvalue weighted by Gasteiger charge is -2.39. The second-order valence-corrected chi connectivity index (χ2v) is 7.71. The van der Waals surface area contributed by atoms with Crippen LogP contribution in [0.25, 0.3) is 0 Å². The zero-order chi connectivity index (χ0) is 17.0. The third-order valence-corrected chi connectivity index (χ3v) is 5.14. The fourth-order valence-electron chi connectivity index (χ4n) is 3.58. The van der Waals surface area contributed by atoms with Crippen LogP contribution in [-0.4, -0.2) is 71.8 Å². The fourth-order valence-corrected chi connectivity index (χ4v) is 3.58. The molecular formula is C18H33N3O2. The van der Waals surface area contributed by atoms with Crippen molar-refractivity contribution in [1.82, 2.24) is 14.7 Å². The molecule has 0 aromatic rings. The zero-order valence-corrected chi connectivity index (χ0v) is 15.3. The van der Waals surface area contributed by atoms with Gasteiger partial charge in [0.1, 0.15) is 0 Å². The summed E-state index contributed by atoms with van der Waals surface area (Å²) in [5.41, 5.74) is 0. The van der Waals surface area contributed by atoms with Gasteiger partial charge in [0, 0.05) is 44.6 Å². The van der Waals surface area contributed by atoms with Gasteiger partial charge in [-0.15, -0.1) is 0 Å². The molecule has 132 valence electrons. The topological polar surface area (TPSA) is 43.9 Å². The first-order valence-electron chi connectivity index (χ1n) is 9.19. The molecule has 23 heavy (non-hydrogen) atoms. The Balaban J connectivity index is 1.77. The van der Waals surface area contributed by atoms with Crippen LogP contribution in [-0.2, 0) is 9.59 Å². The van der Waals surface area contributed by atoms with Gasteiger partial charge >= 0.3 is 0 Å². The molecule has 0 spiro atoms. The van der Waals surface area contributed by atoms with Crippen molar-refractivity contribution >= 4 is 11.8 Å². The number of piperazine rings is 1. The van der Waals surface area contributed by atoms with Gasteiger partial charge in [-0.1, -0.05) is 13.8 Å². The van der Waals surface area contributed by atoms with Gasteiger partial charge in [-0.25, -0.2) is 0 Å². The van der Waals surface area contributed by atoms with Crippen molar-refractivity contribution in [2.75, 3.05) is 39.3 Å². The summed E-state index contributed by atoms with van der Waals surface area (Å²) in [6, 6.07) is 0.571. The summed E-state index contributed by atoms with van der Waals surface area (Å²) in [6.45, 7) is 13.4. The summed E-state index contributed by atoms with van der Waals surface area (Å²) in [4.78, 5) is 31.1. The van der Waals surface area contributed by atoms with E-state index in [0.29, 0.717) is 50.5 Å². The summed E-state index contributed by atoms with van der Waals surface area (Å²) in [7, 11) is 0. The number of carbonyl (C=O) groups is 2. The summed E-state index contributed by atoms with van der Waals surface area (Å²) in [6.07, 6.45) is 2.56. The molecule has 2 rings (SSSR count). The maximum Gasteiger partial charge on any atom is 0.225 e. The van der Waals surface area contributed by atoms with Crippen LogP contribution < -0.4 is 0 Å². The molecule has 0 atom stereocenters. The monoisotopic (exact) mass is 323 g/mol. The molecule has 0 saturated carbocycles. The molecule has 2 aliphatic heterocycles. The summed E-state index contributed by atoms with van der Waals surface area (Å²) in [5.74, 6) is 1.12. The molecular weight excluding hydrogens is 290 g/mol. The Kier molecular flexibility index (Phi) is 6.45. The lowest BCUT2D eigenvalue weighted by Crippen LogP contribution is -2.53. The lowest BCUT2D eigenvalue weighted by atomic mass is 9.94. The predicted molar refractivity (Wildman–Crippen MR) is 92.0 cm³/mol. The Morgan fingerprint density at radius 2 is 1.39 bits per heavy atom. The number of piperidine rings is 1. The van der Waals surface area contributed by atoms with E-state index >= 15 is 0 Å². The highest BCUT2D eigenvalue weighted by molar-refractivity contribution is 5.80. The van der Waals surface area contributed by atoms with Gasteiger partial charge in [0.2, 0.25) is 11.8 Å². The average molecular weight is 323 g/mol. The molecule has 2 saturated heterocycles. The zero-order valence-electron chi connectivity index (χ0n) is 15.3. The molecule has 2 heterocycles. The number of rotatable bonds is 4. The van der Waals surface area contributed by atoms with Crippen LogP contribution in [0.5, 0.6) is 0 Å². The van der Waals surface area contributed by atoms with Crippen LogP contribution in [0.3, 0.4) is 0 Å². The van der Waals surface area contributed by atoms with Crippen molar-refractivity contribution in [1.29, 1.82) is 0 Å². The molecule has 5 nitrogen and oxygen atoms in total. The minimum Gasteiger partial charge on any atom is -0.339 e. The van der Waals surface area contributed by atoms with Gasteiger partial charge in [-0.05, 0) is 45.7 Å². The highest BCUT2D eigenvalue weighted by Gasteiger charge is 2.31. The van der Waals surface area contributed by atoms with E-state index in [1.54, 1.807) is 0 Å². The van der Waals surface area contributed by atoms with Gasteiger partial charge in [-0.3, -0.25) is 9.59 Å². The van der Waals surface area contributed by atoms with Crippen LogP contribution in [0, 0.1) is 11.8 Å². The molecule has 0 unspecified atom stereocenters. The highest BCUT2D eigenvalue weighted by Crippen LogP contribution is 2.22. The van der Waals surface area contributed by atoms with E-state index in [9.17, 15) is 9.59 Å². The fraction of sp³-hybridized carbons (Fsp3) is 0.889. The van der Waals surface area contributed by atoms with E-state index in [4.69, 9.17) is 0 Å². The molecule has 0 aromatic heterocycles. The Bertz CT molecular complexity index is 406. The van der Waals surface area contributed by atoms with Gasteiger partial charge in [0.25, 0.3) is 0 Å². The molecule has 2 aliphatic rings. The van der Waals surface area contributed by atoms with Crippen molar-refractivity contribution < 1.29 is 9.59 Å². The Hall–Kier alpha value is -1.10. The number of hydrogen-bond donors (Lipinski definition) is 0. The van der Waals surface area contributed by atoms with Crippen LogP contribution in [0.15, 0.2) is 0 Å². The third-order valence-electron chi connectivity index (χ3n) is 5.14. The number of nitrogens with zero attached hydrogens (tertiary/aromatic N) is 3. The first kappa shape index (κ1) is 18.2. The molecule has 2 fully saturated rings. The van der Waals surface area contributed by atoms with Gasteiger partial charge in [0.05, 0.1) is 0 Å². The van der Waals surface area contributed by atoms with E-state index in [1.807, 2.05) is 9.80 Å². The first-order chi connectivity index (χ1) is 10.9. The van der Waals surface area contributed by atoms with E-state index in [0.717, 1.165) is 25.9 Å². The first-order valence-corrected chi connectivity index (χ1v) is 9.19. The van der Waals surface area contributed by atoms with Crippen molar-refractivity contribution in [2.24, 2.45) is 11.8 Å². The summed E-state index contributed by atoms with van der Waals surface area (Å²) < 4.78 is 0. The highest BCUT2D eigenvalue weighted by atomic mass is 16.2. The number of amides is 2. The number of likely N-dealkylation sites (tertiary alicyclic amines) is 1. The quantitative estimate of drug-likeness (QED) is 0.793. The van der Waals surface area contributed by atoms with Crippen molar-refractivity contribution in [3.05, 3.63) is 0 Å². The van der Waals surface area contributed by atoms with Crippen LogP contribution >= 0.6 is 0 Å². The lowest BCUT2D eigenvalue weighted by molar-refractivity contribution is -0.143. The molecule has 2 amide bonds. The van der Waals surface area contributed by atoms with Crippen LogP contribution in [0.4, 0.5) is 0 Å². The second-order valence-electron chi connectivity index (χ2n) is 7.71. The summed E-state index contributed by atoms with van der Waals surface area (Å²) >= 11 is 0. The van der Waals surface area contributed by atoms with Crippen molar-refractivity contribution in [3.63, 3.8) is 0 Å². The van der Waals surface area contributed by atoms with Crippen LogP contribution in [0.1, 0.15) is 47.0 Å². The molecule has 0 N–H and O–H groups in total. The molecule has 5 heteroatoms. The molecule has 0 radical (unpaired) electrons. The van der Waals surface area contributed by atoms with Gasteiger partial charge < -0.3 is 14.7 Å². The normalized spacial score (nSPS) is 21.3. The minimum absolute atomic E-state index is 0.183. The Morgan fingerprint density at radius 3 is 1.87 bits per heavy atom. The van der Waals surface area contributed by atoms with E-state index in [1.165, 1.54) is 0 Å². The van der Waals surface area contributed by atoms with Gasteiger partial charge in [0.15, 0.2) is 0 Å². The Labute approximate surface area is 141 Å². The SMILES string of the molecule is CC(C)CC(=O)N1CCN(C(=O)C2CCN(C(C)C)CC2)CC1. The van der Waals surface area contributed by atoms with E-state index in [2.05, 4.69) is 32.6 Å². The smallest absolute Gasteiger partial charge is 0.225 e. The Morgan fingerprint density at radius 1 is 0.870 bits per heavy atom. The number of carbonyl (C=O) groups excluding carboxylic acids is 2. The average Bonchev–Trinajstić information content (AvgIpc) is 2.53. The van der Waals surface area contributed by atoms with Crippen molar-refractivity contribution in [2.45, 2.75) is 53.0 Å². The predicted octanol–water partition coefficient (Wildman–Crippen LogP) is 1.82. The maximum atomic E-state index is 12.7. The minimum atomic E-state index is 0.183. The molecule has 0 aromatic carbocycles. The van der Waals surface area contributed by atoms with E-state index < -0.39 is 0 Å². The van der Waals surface area contributed by atoms with Crippen molar-refractivity contribution in [3.8, 4) is 0 Å². The molecule has 0 aliphatic carbocycles.